The molecular weight excluding hydrogens is 228 g/mol. The number of anilines is 2. The maximum absolute atomic E-state index is 11.3. The molecule has 0 spiro atoms. The summed E-state index contributed by atoms with van der Waals surface area (Å²) >= 11 is 0. The number of rotatable bonds is 3. The average molecular weight is 242 g/mol. The smallest absolute Gasteiger partial charge is 0.254 e. The molecule has 18 heavy (non-hydrogen) atoms. The number of nitrogens with one attached hydrogen (secondary N) is 1. The monoisotopic (exact) mass is 242 g/mol. The first kappa shape index (κ1) is 12.0. The van der Waals surface area contributed by atoms with E-state index in [0.717, 1.165) is 11.3 Å². The molecule has 1 amide bonds. The summed E-state index contributed by atoms with van der Waals surface area (Å²) < 4.78 is 0. The van der Waals surface area contributed by atoms with Gasteiger partial charge in [0.1, 0.15) is 17.2 Å². The van der Waals surface area contributed by atoms with Gasteiger partial charge in [0.15, 0.2) is 0 Å². The van der Waals surface area contributed by atoms with E-state index in [9.17, 15) is 4.79 Å². The zero-order valence-electron chi connectivity index (χ0n) is 10.3. The first-order valence-electron chi connectivity index (χ1n) is 5.53. The largest absolute Gasteiger partial charge is 0.365 e. The normalized spacial score (nSPS) is 10.1. The van der Waals surface area contributed by atoms with Crippen molar-refractivity contribution in [3.63, 3.8) is 0 Å². The molecule has 0 saturated carbocycles. The van der Waals surface area contributed by atoms with Gasteiger partial charge in [0.2, 0.25) is 0 Å². The molecule has 0 aliphatic heterocycles. The van der Waals surface area contributed by atoms with Gasteiger partial charge in [0.25, 0.3) is 5.91 Å². The van der Waals surface area contributed by atoms with E-state index in [2.05, 4.69) is 15.3 Å². The first-order valence-corrected chi connectivity index (χ1v) is 5.53. The van der Waals surface area contributed by atoms with Gasteiger partial charge in [-0.05, 0) is 26.0 Å². The molecule has 2 aromatic rings. The number of hydrogen-bond donors (Lipinski definition) is 2. The predicted molar refractivity (Wildman–Crippen MR) is 69.7 cm³/mol. The summed E-state index contributed by atoms with van der Waals surface area (Å²) in [4.78, 5) is 19.4. The second kappa shape index (κ2) is 4.83. The van der Waals surface area contributed by atoms with E-state index in [1.165, 1.54) is 6.20 Å². The van der Waals surface area contributed by atoms with Gasteiger partial charge in [-0.2, -0.15) is 0 Å². The molecule has 1 aromatic carbocycles. The Balaban J connectivity index is 2.35. The fourth-order valence-corrected chi connectivity index (χ4v) is 1.52. The van der Waals surface area contributed by atoms with Crippen molar-refractivity contribution < 1.29 is 4.79 Å². The van der Waals surface area contributed by atoms with Crippen LogP contribution < -0.4 is 11.1 Å². The van der Waals surface area contributed by atoms with Crippen LogP contribution in [-0.4, -0.2) is 15.9 Å². The van der Waals surface area contributed by atoms with Crippen LogP contribution >= 0.6 is 0 Å². The summed E-state index contributed by atoms with van der Waals surface area (Å²) in [6, 6.07) is 7.77. The lowest BCUT2D eigenvalue weighted by atomic mass is 10.2. The van der Waals surface area contributed by atoms with Gasteiger partial charge in [-0.1, -0.05) is 17.7 Å². The van der Waals surface area contributed by atoms with Crippen LogP contribution in [0.5, 0.6) is 0 Å². The van der Waals surface area contributed by atoms with E-state index >= 15 is 0 Å². The molecule has 1 heterocycles. The average Bonchev–Trinajstić information content (AvgIpc) is 2.32. The van der Waals surface area contributed by atoms with Crippen molar-refractivity contribution in [2.75, 3.05) is 5.32 Å². The third-order valence-corrected chi connectivity index (χ3v) is 2.49. The Morgan fingerprint density at radius 1 is 1.22 bits per heavy atom. The number of nitrogens with two attached hydrogens (primary N) is 1. The number of aromatic nitrogens is 2. The topological polar surface area (TPSA) is 80.9 Å². The maximum Gasteiger partial charge on any atom is 0.254 e. The number of carbonyl (C=O) groups is 1. The summed E-state index contributed by atoms with van der Waals surface area (Å²) in [7, 11) is 0. The molecule has 2 rings (SSSR count). The molecule has 92 valence electrons. The van der Waals surface area contributed by atoms with Crippen LogP contribution in [0.1, 0.15) is 21.7 Å². The van der Waals surface area contributed by atoms with Crippen LogP contribution in [0.15, 0.2) is 30.5 Å². The van der Waals surface area contributed by atoms with Gasteiger partial charge in [-0.25, -0.2) is 9.97 Å². The molecule has 0 aliphatic rings. The van der Waals surface area contributed by atoms with Gasteiger partial charge >= 0.3 is 0 Å². The van der Waals surface area contributed by atoms with Crippen LogP contribution in [-0.2, 0) is 0 Å². The molecular formula is C13H14N4O. The predicted octanol–water partition coefficient (Wildman–Crippen LogP) is 1.94. The minimum atomic E-state index is -0.551. The highest BCUT2D eigenvalue weighted by Crippen LogP contribution is 2.18. The van der Waals surface area contributed by atoms with Crippen LogP contribution in [0.2, 0.25) is 0 Å². The van der Waals surface area contributed by atoms with Gasteiger partial charge in [0, 0.05) is 11.9 Å². The Labute approximate surface area is 105 Å². The summed E-state index contributed by atoms with van der Waals surface area (Å²) in [5, 5.41) is 3.07. The quantitative estimate of drug-likeness (QED) is 0.861. The van der Waals surface area contributed by atoms with E-state index in [4.69, 9.17) is 5.73 Å². The second-order valence-corrected chi connectivity index (χ2v) is 4.03. The summed E-state index contributed by atoms with van der Waals surface area (Å²) in [5.41, 5.74) is 7.57. The van der Waals surface area contributed by atoms with E-state index in [1.54, 1.807) is 6.92 Å². The standard InChI is InChI=1S/C13H14N4O/c1-8-3-5-10(6-4-8)17-13-11(12(14)18)7-15-9(2)16-13/h3-7H,1-2H3,(H2,14,18)(H,15,16,17). The first-order chi connectivity index (χ1) is 8.56. The van der Waals surface area contributed by atoms with Gasteiger partial charge < -0.3 is 11.1 Å². The molecule has 0 radical (unpaired) electrons. The fraction of sp³-hybridized carbons (Fsp3) is 0.154. The molecule has 0 fully saturated rings. The molecule has 5 heteroatoms. The van der Waals surface area contributed by atoms with E-state index < -0.39 is 5.91 Å². The van der Waals surface area contributed by atoms with E-state index in [0.29, 0.717) is 11.6 Å². The van der Waals surface area contributed by atoms with Crippen LogP contribution in [0.3, 0.4) is 0 Å². The SMILES string of the molecule is Cc1ccc(Nc2nc(C)ncc2C(N)=O)cc1. The third-order valence-electron chi connectivity index (χ3n) is 2.49. The van der Waals surface area contributed by atoms with Gasteiger partial charge in [-0.3, -0.25) is 4.79 Å². The molecule has 0 bridgehead atoms. The lowest BCUT2D eigenvalue weighted by Crippen LogP contribution is -2.15. The number of carbonyl (C=O) groups excluding carboxylic acids is 1. The van der Waals surface area contributed by atoms with Crippen molar-refractivity contribution in [3.05, 3.63) is 47.4 Å². The van der Waals surface area contributed by atoms with Gasteiger partial charge in [0.05, 0.1) is 0 Å². The van der Waals surface area contributed by atoms with E-state index in [1.807, 2.05) is 31.2 Å². The second-order valence-electron chi connectivity index (χ2n) is 4.03. The summed E-state index contributed by atoms with van der Waals surface area (Å²) in [6.07, 6.45) is 1.43. The Kier molecular flexibility index (Phi) is 3.23. The van der Waals surface area contributed by atoms with Gasteiger partial charge in [-0.15, -0.1) is 0 Å². The number of aryl methyl sites for hydroxylation is 2. The fourth-order valence-electron chi connectivity index (χ4n) is 1.52. The Bertz CT molecular complexity index is 578. The molecule has 0 atom stereocenters. The van der Waals surface area contributed by atoms with Crippen LogP contribution in [0.4, 0.5) is 11.5 Å². The summed E-state index contributed by atoms with van der Waals surface area (Å²) in [5.74, 6) is 0.457. The number of hydrogen-bond acceptors (Lipinski definition) is 4. The number of primary amides is 1. The molecule has 3 N–H and O–H groups in total. The molecule has 0 unspecified atom stereocenters. The zero-order valence-corrected chi connectivity index (χ0v) is 10.3. The van der Waals surface area contributed by atoms with Crippen molar-refractivity contribution in [1.29, 1.82) is 0 Å². The Hall–Kier alpha value is -2.43. The molecule has 1 aromatic heterocycles. The highest BCUT2D eigenvalue weighted by Gasteiger charge is 2.10. The number of benzene rings is 1. The third kappa shape index (κ3) is 2.63. The minimum Gasteiger partial charge on any atom is -0.365 e. The molecule has 0 aliphatic carbocycles. The van der Waals surface area contributed by atoms with Crippen molar-refractivity contribution in [2.45, 2.75) is 13.8 Å². The van der Waals surface area contributed by atoms with Crippen molar-refractivity contribution in [2.24, 2.45) is 5.73 Å². The number of amides is 1. The number of nitrogens with zero attached hydrogens (tertiary/aromatic N) is 2. The highest BCUT2D eigenvalue weighted by atomic mass is 16.1. The van der Waals surface area contributed by atoms with Crippen LogP contribution in [0.25, 0.3) is 0 Å². The van der Waals surface area contributed by atoms with Crippen molar-refractivity contribution >= 4 is 17.4 Å². The lowest BCUT2D eigenvalue weighted by molar-refractivity contribution is 0.100. The zero-order chi connectivity index (χ0) is 13.1. The van der Waals surface area contributed by atoms with Crippen molar-refractivity contribution in [3.8, 4) is 0 Å². The van der Waals surface area contributed by atoms with E-state index in [-0.39, 0.29) is 5.56 Å². The molecule has 0 saturated heterocycles. The van der Waals surface area contributed by atoms with Crippen LogP contribution in [0, 0.1) is 13.8 Å². The van der Waals surface area contributed by atoms with Crippen molar-refractivity contribution in [1.82, 2.24) is 9.97 Å². The maximum atomic E-state index is 11.3. The lowest BCUT2D eigenvalue weighted by Gasteiger charge is -2.09. The summed E-state index contributed by atoms with van der Waals surface area (Å²) in [6.45, 7) is 3.76. The molecule has 5 nitrogen and oxygen atoms in total. The Morgan fingerprint density at radius 3 is 2.50 bits per heavy atom. The Morgan fingerprint density at radius 2 is 1.89 bits per heavy atom. The highest BCUT2D eigenvalue weighted by molar-refractivity contribution is 5.97. The minimum absolute atomic E-state index is 0.279.